The van der Waals surface area contributed by atoms with Crippen LogP contribution in [0, 0.1) is 6.92 Å². The maximum absolute atomic E-state index is 4.58. The number of thiazole rings is 1. The van der Waals surface area contributed by atoms with Gasteiger partial charge in [0.1, 0.15) is 5.01 Å². The Morgan fingerprint density at radius 2 is 1.75 bits per heavy atom. The molecule has 3 rings (SSSR count). The standard InChI is InChI=1S/C16H17N3S.2C2H6/c1-3-14(19-9-8-17-11-19)15-10-18-16(20-15)13-6-4-12(2)5-7-13;2*1-2/h4-11,14H,3H2,1-2H3;2*1-2H3. The minimum Gasteiger partial charge on any atom is -0.329 e. The molecule has 0 spiro atoms. The Labute approximate surface area is 150 Å². The van der Waals surface area contributed by atoms with Gasteiger partial charge < -0.3 is 4.57 Å². The first-order chi connectivity index (χ1) is 11.8. The monoisotopic (exact) mass is 343 g/mol. The van der Waals surface area contributed by atoms with Crippen LogP contribution in [0.25, 0.3) is 10.6 Å². The second-order valence-electron chi connectivity index (χ2n) is 4.87. The first kappa shape index (κ1) is 20.1. The quantitative estimate of drug-likeness (QED) is 0.551. The fourth-order valence-electron chi connectivity index (χ4n) is 2.28. The average Bonchev–Trinajstić information content (AvgIpc) is 3.33. The molecule has 0 saturated carbocycles. The van der Waals surface area contributed by atoms with Crippen LogP contribution in [0.2, 0.25) is 0 Å². The third-order valence-corrected chi connectivity index (χ3v) is 4.57. The molecule has 4 heteroatoms. The highest BCUT2D eigenvalue weighted by molar-refractivity contribution is 7.15. The van der Waals surface area contributed by atoms with Gasteiger partial charge in [0.25, 0.3) is 0 Å². The lowest BCUT2D eigenvalue weighted by Crippen LogP contribution is -2.05. The maximum atomic E-state index is 4.58. The van der Waals surface area contributed by atoms with Crippen LogP contribution in [0.1, 0.15) is 57.5 Å². The van der Waals surface area contributed by atoms with E-state index in [-0.39, 0.29) is 0 Å². The lowest BCUT2D eigenvalue weighted by Gasteiger charge is -2.13. The third-order valence-electron chi connectivity index (χ3n) is 3.42. The number of benzene rings is 1. The van der Waals surface area contributed by atoms with E-state index in [4.69, 9.17) is 0 Å². The zero-order valence-corrected chi connectivity index (χ0v) is 16.5. The molecular formula is C20H29N3S. The van der Waals surface area contributed by atoms with Gasteiger partial charge >= 0.3 is 0 Å². The average molecular weight is 344 g/mol. The Morgan fingerprint density at radius 1 is 1.08 bits per heavy atom. The van der Waals surface area contributed by atoms with E-state index in [0.717, 1.165) is 11.4 Å². The second kappa shape index (κ2) is 10.8. The zero-order chi connectivity index (χ0) is 17.9. The van der Waals surface area contributed by atoms with Crippen molar-refractivity contribution in [1.82, 2.24) is 14.5 Å². The summed E-state index contributed by atoms with van der Waals surface area (Å²) in [6, 6.07) is 8.86. The van der Waals surface area contributed by atoms with Crippen LogP contribution in [0.3, 0.4) is 0 Å². The van der Waals surface area contributed by atoms with E-state index < -0.39 is 0 Å². The van der Waals surface area contributed by atoms with Gasteiger partial charge in [-0.15, -0.1) is 11.3 Å². The minimum absolute atomic E-state index is 0.328. The third kappa shape index (κ3) is 5.03. The van der Waals surface area contributed by atoms with Crippen molar-refractivity contribution in [2.45, 2.75) is 54.0 Å². The summed E-state index contributed by atoms with van der Waals surface area (Å²) in [4.78, 5) is 10.00. The molecule has 24 heavy (non-hydrogen) atoms. The Morgan fingerprint density at radius 3 is 2.29 bits per heavy atom. The van der Waals surface area contributed by atoms with Gasteiger partial charge in [0.15, 0.2) is 0 Å². The number of aromatic nitrogens is 3. The van der Waals surface area contributed by atoms with Gasteiger partial charge in [-0.05, 0) is 13.3 Å². The van der Waals surface area contributed by atoms with Crippen LogP contribution in [-0.4, -0.2) is 14.5 Å². The number of hydrogen-bond acceptors (Lipinski definition) is 3. The van der Waals surface area contributed by atoms with Crippen molar-refractivity contribution in [3.05, 3.63) is 59.6 Å². The van der Waals surface area contributed by atoms with E-state index in [9.17, 15) is 0 Å². The van der Waals surface area contributed by atoms with Crippen LogP contribution >= 0.6 is 11.3 Å². The van der Waals surface area contributed by atoms with E-state index in [1.165, 1.54) is 16.0 Å². The van der Waals surface area contributed by atoms with Gasteiger partial charge in [-0.1, -0.05) is 64.4 Å². The van der Waals surface area contributed by atoms with Crippen molar-refractivity contribution in [2.75, 3.05) is 0 Å². The van der Waals surface area contributed by atoms with Crippen LogP contribution in [-0.2, 0) is 0 Å². The summed E-state index contributed by atoms with van der Waals surface area (Å²) in [6.07, 6.45) is 8.74. The Kier molecular flexibility index (Phi) is 9.02. The van der Waals surface area contributed by atoms with Crippen molar-refractivity contribution in [3.63, 3.8) is 0 Å². The molecule has 3 nitrogen and oxygen atoms in total. The van der Waals surface area contributed by atoms with Gasteiger partial charge in [-0.3, -0.25) is 0 Å². The molecular weight excluding hydrogens is 314 g/mol. The van der Waals surface area contributed by atoms with Gasteiger partial charge in [0, 0.05) is 29.0 Å². The summed E-state index contributed by atoms with van der Waals surface area (Å²) >= 11 is 1.76. The molecule has 0 fully saturated rings. The smallest absolute Gasteiger partial charge is 0.123 e. The van der Waals surface area contributed by atoms with Crippen LogP contribution < -0.4 is 0 Å². The maximum Gasteiger partial charge on any atom is 0.123 e. The summed E-state index contributed by atoms with van der Waals surface area (Å²) in [5, 5.41) is 1.08. The van der Waals surface area contributed by atoms with Crippen LogP contribution in [0.4, 0.5) is 0 Å². The molecule has 0 N–H and O–H groups in total. The molecule has 0 bridgehead atoms. The number of hydrogen-bond donors (Lipinski definition) is 0. The molecule has 0 aliphatic heterocycles. The molecule has 130 valence electrons. The molecule has 0 radical (unpaired) electrons. The Hall–Kier alpha value is -1.94. The highest BCUT2D eigenvalue weighted by Gasteiger charge is 2.15. The first-order valence-corrected chi connectivity index (χ1v) is 9.59. The molecule has 1 atom stereocenters. The number of aryl methyl sites for hydroxylation is 1. The largest absolute Gasteiger partial charge is 0.329 e. The van der Waals surface area contributed by atoms with Crippen molar-refractivity contribution >= 4 is 11.3 Å². The highest BCUT2D eigenvalue weighted by Crippen LogP contribution is 2.32. The number of nitrogens with zero attached hydrogens (tertiary/aromatic N) is 3. The van der Waals surface area contributed by atoms with Gasteiger partial charge in [0.05, 0.1) is 12.4 Å². The molecule has 0 amide bonds. The number of rotatable bonds is 4. The predicted octanol–water partition coefficient (Wildman–Crippen LogP) is 6.37. The predicted molar refractivity (Wildman–Crippen MR) is 106 cm³/mol. The molecule has 0 aliphatic rings. The van der Waals surface area contributed by atoms with Crippen LogP contribution in [0.5, 0.6) is 0 Å². The molecule has 2 aromatic heterocycles. The summed E-state index contributed by atoms with van der Waals surface area (Å²) in [5.41, 5.74) is 2.46. The fourth-order valence-corrected chi connectivity index (χ4v) is 3.40. The molecule has 0 saturated heterocycles. The van der Waals surface area contributed by atoms with Gasteiger partial charge in [0.2, 0.25) is 0 Å². The minimum atomic E-state index is 0.328. The summed E-state index contributed by atoms with van der Waals surface area (Å²) < 4.78 is 2.15. The Bertz CT molecular complexity index is 669. The fraction of sp³-hybridized carbons (Fsp3) is 0.400. The highest BCUT2D eigenvalue weighted by atomic mass is 32.1. The van der Waals surface area contributed by atoms with Crippen molar-refractivity contribution in [2.24, 2.45) is 0 Å². The van der Waals surface area contributed by atoms with Crippen molar-refractivity contribution in [1.29, 1.82) is 0 Å². The molecule has 1 aromatic carbocycles. The SMILES string of the molecule is CC.CC.CCC(c1cnc(-c2ccc(C)cc2)s1)n1ccnc1. The van der Waals surface area contributed by atoms with E-state index in [2.05, 4.69) is 52.6 Å². The van der Waals surface area contributed by atoms with Gasteiger partial charge in [-0.2, -0.15) is 0 Å². The van der Waals surface area contributed by atoms with E-state index in [1.807, 2.05) is 52.6 Å². The molecule has 0 aliphatic carbocycles. The lowest BCUT2D eigenvalue weighted by molar-refractivity contribution is 0.574. The number of imidazole rings is 1. The topological polar surface area (TPSA) is 30.7 Å². The Balaban J connectivity index is 0.000000671. The summed E-state index contributed by atoms with van der Waals surface area (Å²) in [5.74, 6) is 0. The first-order valence-electron chi connectivity index (χ1n) is 8.78. The summed E-state index contributed by atoms with van der Waals surface area (Å²) in [6.45, 7) is 12.3. The van der Waals surface area contributed by atoms with Crippen molar-refractivity contribution < 1.29 is 0 Å². The molecule has 3 aromatic rings. The lowest BCUT2D eigenvalue weighted by atomic mass is 10.2. The van der Waals surface area contributed by atoms with Crippen LogP contribution in [0.15, 0.2) is 49.2 Å². The molecule has 1 unspecified atom stereocenters. The second-order valence-corrected chi connectivity index (χ2v) is 5.93. The van der Waals surface area contributed by atoms with E-state index in [1.54, 1.807) is 11.3 Å². The van der Waals surface area contributed by atoms with E-state index in [0.29, 0.717) is 6.04 Å². The van der Waals surface area contributed by atoms with Crippen molar-refractivity contribution in [3.8, 4) is 10.6 Å². The van der Waals surface area contributed by atoms with Gasteiger partial charge in [-0.25, -0.2) is 9.97 Å². The molecule has 2 heterocycles. The zero-order valence-electron chi connectivity index (χ0n) is 15.7. The normalized spacial score (nSPS) is 10.9. The van der Waals surface area contributed by atoms with E-state index >= 15 is 0 Å². The summed E-state index contributed by atoms with van der Waals surface area (Å²) in [7, 11) is 0.